The molecule has 1 atom stereocenters. The molecule has 1 aliphatic rings. The maximum Gasteiger partial charge on any atom is 0.267 e. The van der Waals surface area contributed by atoms with Crippen LogP contribution in [0.2, 0.25) is 0 Å². The van der Waals surface area contributed by atoms with Crippen LogP contribution in [0.3, 0.4) is 0 Å². The van der Waals surface area contributed by atoms with E-state index in [0.717, 1.165) is 11.1 Å². The smallest absolute Gasteiger partial charge is 0.267 e. The molecule has 1 aromatic heterocycles. The number of hydrogen-bond acceptors (Lipinski definition) is 4. The average molecular weight is 364 g/mol. The SMILES string of the molecule is COc1ccccc1CNC(=O)c1c(O)c2cccc3c2n(c1=O)[C@@H](C)C3. The zero-order valence-corrected chi connectivity index (χ0v) is 15.2. The first kappa shape index (κ1) is 17.1. The number of hydrogen-bond donors (Lipinski definition) is 2. The number of benzene rings is 2. The van der Waals surface area contributed by atoms with Crippen LogP contribution in [-0.4, -0.2) is 22.7 Å². The first-order chi connectivity index (χ1) is 13.0. The summed E-state index contributed by atoms with van der Waals surface area (Å²) in [6.45, 7) is 2.13. The van der Waals surface area contributed by atoms with Gasteiger partial charge in [-0.15, -0.1) is 0 Å². The predicted molar refractivity (Wildman–Crippen MR) is 102 cm³/mol. The number of ether oxygens (including phenoxy) is 1. The van der Waals surface area contributed by atoms with Gasteiger partial charge in [0.25, 0.3) is 11.5 Å². The summed E-state index contributed by atoms with van der Waals surface area (Å²) < 4.78 is 6.89. The molecule has 0 bridgehead atoms. The lowest BCUT2D eigenvalue weighted by Gasteiger charge is -2.14. The van der Waals surface area contributed by atoms with E-state index >= 15 is 0 Å². The minimum Gasteiger partial charge on any atom is -0.506 e. The van der Waals surface area contributed by atoms with Crippen molar-refractivity contribution in [1.29, 1.82) is 0 Å². The normalized spacial score (nSPS) is 15.1. The Morgan fingerprint density at radius 1 is 1.26 bits per heavy atom. The van der Waals surface area contributed by atoms with Crippen LogP contribution in [0.1, 0.15) is 34.5 Å². The van der Waals surface area contributed by atoms with E-state index < -0.39 is 11.5 Å². The van der Waals surface area contributed by atoms with Crippen LogP contribution in [0.4, 0.5) is 0 Å². The molecule has 6 nitrogen and oxygen atoms in total. The summed E-state index contributed by atoms with van der Waals surface area (Å²) in [4.78, 5) is 25.7. The third-order valence-corrected chi connectivity index (χ3v) is 5.10. The van der Waals surface area contributed by atoms with Gasteiger partial charge in [0, 0.05) is 23.5 Å². The molecular formula is C21H20N2O4. The topological polar surface area (TPSA) is 80.6 Å². The van der Waals surface area contributed by atoms with Gasteiger partial charge in [-0.3, -0.25) is 9.59 Å². The Bertz CT molecular complexity index is 1120. The molecule has 2 N–H and O–H groups in total. The van der Waals surface area contributed by atoms with Crippen LogP contribution in [0, 0.1) is 0 Å². The zero-order chi connectivity index (χ0) is 19.1. The summed E-state index contributed by atoms with van der Waals surface area (Å²) >= 11 is 0. The molecule has 0 fully saturated rings. The number of aromatic hydroxyl groups is 1. The van der Waals surface area contributed by atoms with Gasteiger partial charge in [-0.05, 0) is 31.0 Å². The van der Waals surface area contributed by atoms with Crippen LogP contribution in [-0.2, 0) is 13.0 Å². The van der Waals surface area contributed by atoms with Gasteiger partial charge < -0.3 is 19.7 Å². The van der Waals surface area contributed by atoms with Crippen molar-refractivity contribution in [2.45, 2.75) is 25.9 Å². The van der Waals surface area contributed by atoms with Crippen molar-refractivity contribution in [2.75, 3.05) is 7.11 Å². The summed E-state index contributed by atoms with van der Waals surface area (Å²) in [6.07, 6.45) is 0.707. The summed E-state index contributed by atoms with van der Waals surface area (Å²) in [7, 11) is 1.56. The van der Waals surface area contributed by atoms with E-state index in [9.17, 15) is 14.7 Å². The molecule has 2 aromatic carbocycles. The molecule has 3 aromatic rings. The van der Waals surface area contributed by atoms with Gasteiger partial charge in [0.15, 0.2) is 0 Å². The van der Waals surface area contributed by atoms with Crippen LogP contribution in [0.15, 0.2) is 47.3 Å². The second kappa shape index (κ2) is 6.46. The molecule has 0 aliphatic carbocycles. The van der Waals surface area contributed by atoms with Crippen LogP contribution >= 0.6 is 0 Å². The van der Waals surface area contributed by atoms with Gasteiger partial charge in [-0.1, -0.05) is 30.3 Å². The number of methoxy groups -OCH3 is 1. The lowest BCUT2D eigenvalue weighted by Crippen LogP contribution is -2.33. The molecule has 0 unspecified atom stereocenters. The van der Waals surface area contributed by atoms with E-state index in [0.29, 0.717) is 23.1 Å². The third-order valence-electron chi connectivity index (χ3n) is 5.10. The van der Waals surface area contributed by atoms with Crippen molar-refractivity contribution in [2.24, 2.45) is 0 Å². The van der Waals surface area contributed by atoms with Crippen LogP contribution in [0.5, 0.6) is 11.5 Å². The minimum absolute atomic E-state index is 0.0567. The highest BCUT2D eigenvalue weighted by Crippen LogP contribution is 2.35. The number of nitrogens with zero attached hydrogens (tertiary/aromatic N) is 1. The number of carbonyl (C=O) groups is 1. The summed E-state index contributed by atoms with van der Waals surface area (Å²) in [5.74, 6) is -0.215. The Balaban J connectivity index is 1.75. The van der Waals surface area contributed by atoms with E-state index in [4.69, 9.17) is 4.74 Å². The number of amides is 1. The fourth-order valence-corrected chi connectivity index (χ4v) is 3.84. The highest BCUT2D eigenvalue weighted by molar-refractivity contribution is 6.03. The molecule has 4 rings (SSSR count). The van der Waals surface area contributed by atoms with E-state index in [-0.39, 0.29) is 23.9 Å². The minimum atomic E-state index is -0.599. The quantitative estimate of drug-likeness (QED) is 0.746. The highest BCUT2D eigenvalue weighted by Gasteiger charge is 2.29. The molecule has 1 aliphatic heterocycles. The third kappa shape index (κ3) is 2.65. The number of rotatable bonds is 4. The number of carbonyl (C=O) groups excluding carboxylic acids is 1. The molecule has 0 saturated heterocycles. The monoisotopic (exact) mass is 364 g/mol. The Hall–Kier alpha value is -3.28. The molecule has 0 radical (unpaired) electrons. The van der Waals surface area contributed by atoms with E-state index in [1.54, 1.807) is 23.8 Å². The molecule has 6 heteroatoms. The molecular weight excluding hydrogens is 344 g/mol. The van der Waals surface area contributed by atoms with Gasteiger partial charge in [0.2, 0.25) is 0 Å². The number of pyridine rings is 1. The van der Waals surface area contributed by atoms with E-state index in [1.807, 2.05) is 37.3 Å². The van der Waals surface area contributed by atoms with Gasteiger partial charge in [0.05, 0.1) is 12.6 Å². The summed E-state index contributed by atoms with van der Waals surface area (Å²) in [6, 6.07) is 12.8. The summed E-state index contributed by atoms with van der Waals surface area (Å²) in [5.41, 5.74) is 1.83. The van der Waals surface area contributed by atoms with Crippen molar-refractivity contribution >= 4 is 16.8 Å². The second-order valence-corrected chi connectivity index (χ2v) is 6.76. The van der Waals surface area contributed by atoms with Crippen molar-refractivity contribution in [3.63, 3.8) is 0 Å². The molecule has 1 amide bonds. The van der Waals surface area contributed by atoms with Crippen LogP contribution < -0.4 is 15.6 Å². The molecule has 138 valence electrons. The van der Waals surface area contributed by atoms with Crippen molar-refractivity contribution in [3.8, 4) is 11.5 Å². The summed E-state index contributed by atoms with van der Waals surface area (Å²) in [5, 5.41) is 13.9. The van der Waals surface area contributed by atoms with Gasteiger partial charge >= 0.3 is 0 Å². The van der Waals surface area contributed by atoms with Gasteiger partial charge in [-0.25, -0.2) is 0 Å². The van der Waals surface area contributed by atoms with Gasteiger partial charge in [-0.2, -0.15) is 0 Å². The fourth-order valence-electron chi connectivity index (χ4n) is 3.84. The highest BCUT2D eigenvalue weighted by atomic mass is 16.5. The standard InChI is InChI=1S/C21H20N2O4/c1-12-10-13-7-5-8-15-18(13)23(12)21(26)17(19(15)24)20(25)22-11-14-6-3-4-9-16(14)27-2/h3-9,12,24H,10-11H2,1-2H3,(H,22,25)/t12-/m0/s1. The largest absolute Gasteiger partial charge is 0.506 e. The second-order valence-electron chi connectivity index (χ2n) is 6.76. The lowest BCUT2D eigenvalue weighted by molar-refractivity contribution is 0.0946. The first-order valence-electron chi connectivity index (χ1n) is 8.82. The Morgan fingerprint density at radius 3 is 2.81 bits per heavy atom. The molecule has 27 heavy (non-hydrogen) atoms. The Kier molecular flexibility index (Phi) is 4.11. The first-order valence-corrected chi connectivity index (χ1v) is 8.82. The Morgan fingerprint density at radius 2 is 2.04 bits per heavy atom. The van der Waals surface area contributed by atoms with Gasteiger partial charge in [0.1, 0.15) is 17.1 Å². The number of para-hydroxylation sites is 2. The van der Waals surface area contributed by atoms with Crippen molar-refractivity contribution < 1.29 is 14.6 Å². The molecule has 0 saturated carbocycles. The van der Waals surface area contributed by atoms with E-state index in [1.165, 1.54) is 0 Å². The van der Waals surface area contributed by atoms with Crippen molar-refractivity contribution in [3.05, 3.63) is 69.5 Å². The lowest BCUT2D eigenvalue weighted by atomic mass is 10.1. The fraction of sp³-hybridized carbons (Fsp3) is 0.238. The predicted octanol–water partition coefficient (Wildman–Crippen LogP) is 2.76. The molecule has 0 spiro atoms. The number of aromatic nitrogens is 1. The maximum absolute atomic E-state index is 13.0. The molecule has 2 heterocycles. The Labute approximate surface area is 156 Å². The number of nitrogens with one attached hydrogen (secondary N) is 1. The van der Waals surface area contributed by atoms with E-state index in [2.05, 4.69) is 5.32 Å². The van der Waals surface area contributed by atoms with Crippen LogP contribution in [0.25, 0.3) is 10.9 Å². The average Bonchev–Trinajstić information content (AvgIpc) is 3.01. The maximum atomic E-state index is 13.0. The van der Waals surface area contributed by atoms with Crippen molar-refractivity contribution in [1.82, 2.24) is 9.88 Å². The zero-order valence-electron chi connectivity index (χ0n) is 15.2.